The van der Waals surface area contributed by atoms with Crippen LogP contribution in [0.4, 0.5) is 5.69 Å². The van der Waals surface area contributed by atoms with Crippen molar-refractivity contribution in [3.63, 3.8) is 0 Å². The van der Waals surface area contributed by atoms with Crippen molar-refractivity contribution >= 4 is 12.1 Å². The van der Waals surface area contributed by atoms with E-state index < -0.39 is 0 Å². The minimum Gasteiger partial charge on any atom is -0.489 e. The minimum absolute atomic E-state index is 0.403. The van der Waals surface area contributed by atoms with Gasteiger partial charge in [-0.3, -0.25) is 10.2 Å². The van der Waals surface area contributed by atoms with Crippen LogP contribution in [-0.2, 0) is 11.4 Å². The van der Waals surface area contributed by atoms with Crippen LogP contribution in [0.1, 0.15) is 22.4 Å². The summed E-state index contributed by atoms with van der Waals surface area (Å²) in [6, 6.07) is 16.1. The standard InChI is InChI=1S/C21H24N4O.CH4N2O/c1-14-6-5-7-20(25(4)22)18(14)13-26-21-11-9-17(12-15(21)2)19-10-8-16(3)23-24-19;2-3-1-4/h5-12H,13,22H2,1-4H3;1H,2H2,(H,3,4). The Hall–Kier alpha value is -3.49. The molecule has 3 aromatic rings. The molecule has 0 radical (unpaired) electrons. The SMILES string of the molecule is Cc1ccc(-c2ccc(OCc3c(C)cccc3N(C)N)c(C)c2)nn1.NNC=O. The Balaban J connectivity index is 0.000000735. The number of nitrogens with one attached hydrogen (secondary N) is 1. The molecular formula is C22H28N6O2. The van der Waals surface area contributed by atoms with Crippen LogP contribution in [0.5, 0.6) is 5.75 Å². The molecule has 0 spiro atoms. The average Bonchev–Trinajstić information content (AvgIpc) is 2.74. The number of hydrogen-bond donors (Lipinski definition) is 3. The van der Waals surface area contributed by atoms with Gasteiger partial charge in [0.25, 0.3) is 0 Å². The average molecular weight is 409 g/mol. The summed E-state index contributed by atoms with van der Waals surface area (Å²) in [6.45, 7) is 6.50. The molecule has 0 aliphatic heterocycles. The zero-order chi connectivity index (χ0) is 22.1. The smallest absolute Gasteiger partial charge is 0.221 e. The Kier molecular flexibility index (Phi) is 8.28. The van der Waals surface area contributed by atoms with Crippen LogP contribution in [0.3, 0.4) is 0 Å². The van der Waals surface area contributed by atoms with Gasteiger partial charge in [0.05, 0.1) is 17.1 Å². The lowest BCUT2D eigenvalue weighted by Crippen LogP contribution is -2.26. The van der Waals surface area contributed by atoms with Gasteiger partial charge in [0.15, 0.2) is 0 Å². The number of rotatable bonds is 6. The molecule has 1 aromatic heterocycles. The summed E-state index contributed by atoms with van der Waals surface area (Å²) in [6.07, 6.45) is 0.403. The van der Waals surface area contributed by atoms with Crippen molar-refractivity contribution in [2.24, 2.45) is 11.7 Å². The van der Waals surface area contributed by atoms with Crippen LogP contribution in [0.25, 0.3) is 11.3 Å². The summed E-state index contributed by atoms with van der Waals surface area (Å²) in [7, 11) is 1.83. The summed E-state index contributed by atoms with van der Waals surface area (Å²) < 4.78 is 6.09. The van der Waals surface area contributed by atoms with E-state index in [4.69, 9.17) is 15.4 Å². The second-order valence-corrected chi connectivity index (χ2v) is 6.80. The number of ether oxygens (including phenoxy) is 1. The topological polar surface area (TPSA) is 119 Å². The molecular weight excluding hydrogens is 380 g/mol. The fourth-order valence-electron chi connectivity index (χ4n) is 2.88. The van der Waals surface area contributed by atoms with E-state index in [1.165, 1.54) is 0 Å². The summed E-state index contributed by atoms with van der Waals surface area (Å²) in [5.41, 5.74) is 8.81. The predicted molar refractivity (Wildman–Crippen MR) is 118 cm³/mol. The number of aromatic nitrogens is 2. The number of nitrogens with zero attached hydrogens (tertiary/aromatic N) is 3. The normalized spacial score (nSPS) is 9.93. The summed E-state index contributed by atoms with van der Waals surface area (Å²) in [5.74, 6) is 11.2. The quantitative estimate of drug-likeness (QED) is 0.248. The predicted octanol–water partition coefficient (Wildman–Crippen LogP) is 2.56. The Morgan fingerprint density at radius 1 is 1.07 bits per heavy atom. The third kappa shape index (κ3) is 6.00. The minimum atomic E-state index is 0.403. The molecule has 1 amide bonds. The number of hydrazine groups is 2. The van der Waals surface area contributed by atoms with E-state index in [0.29, 0.717) is 13.0 Å². The highest BCUT2D eigenvalue weighted by molar-refractivity contribution is 5.61. The molecule has 0 aliphatic rings. The molecule has 1 heterocycles. The Morgan fingerprint density at radius 3 is 2.37 bits per heavy atom. The highest BCUT2D eigenvalue weighted by Crippen LogP contribution is 2.28. The van der Waals surface area contributed by atoms with Crippen LogP contribution in [0, 0.1) is 20.8 Å². The van der Waals surface area contributed by atoms with Gasteiger partial charge in [-0.05, 0) is 68.3 Å². The van der Waals surface area contributed by atoms with Crippen molar-refractivity contribution < 1.29 is 9.53 Å². The molecule has 0 saturated carbocycles. The van der Waals surface area contributed by atoms with Crippen molar-refractivity contribution in [3.8, 4) is 17.0 Å². The van der Waals surface area contributed by atoms with Gasteiger partial charge in [0.1, 0.15) is 12.4 Å². The van der Waals surface area contributed by atoms with E-state index >= 15 is 0 Å². The van der Waals surface area contributed by atoms with Gasteiger partial charge in [-0.2, -0.15) is 10.2 Å². The molecule has 2 aromatic carbocycles. The number of benzene rings is 2. The lowest BCUT2D eigenvalue weighted by molar-refractivity contribution is -0.109. The number of anilines is 1. The molecule has 0 aliphatic carbocycles. The van der Waals surface area contributed by atoms with Crippen molar-refractivity contribution in [3.05, 3.63) is 70.9 Å². The summed E-state index contributed by atoms with van der Waals surface area (Å²) in [5, 5.41) is 9.99. The van der Waals surface area contributed by atoms with Crippen LogP contribution in [0.2, 0.25) is 0 Å². The first-order valence-electron chi connectivity index (χ1n) is 9.38. The fraction of sp³-hybridized carbons (Fsp3) is 0.227. The molecule has 3 rings (SSSR count). The van der Waals surface area contributed by atoms with E-state index in [1.54, 1.807) is 10.4 Å². The van der Waals surface area contributed by atoms with Crippen molar-refractivity contribution in [1.82, 2.24) is 15.6 Å². The number of hydrogen-bond acceptors (Lipinski definition) is 7. The number of carbonyl (C=O) groups excluding carboxylic acids is 1. The second-order valence-electron chi connectivity index (χ2n) is 6.80. The maximum absolute atomic E-state index is 8.94. The lowest BCUT2D eigenvalue weighted by atomic mass is 10.1. The first kappa shape index (κ1) is 22.8. The third-order valence-corrected chi connectivity index (χ3v) is 4.47. The fourth-order valence-corrected chi connectivity index (χ4v) is 2.88. The van der Waals surface area contributed by atoms with E-state index in [-0.39, 0.29) is 0 Å². The first-order chi connectivity index (χ1) is 14.4. The van der Waals surface area contributed by atoms with Gasteiger partial charge in [0, 0.05) is 18.2 Å². The maximum atomic E-state index is 8.94. The zero-order valence-electron chi connectivity index (χ0n) is 17.7. The molecule has 0 bridgehead atoms. The van der Waals surface area contributed by atoms with Crippen molar-refractivity contribution in [2.75, 3.05) is 12.1 Å². The molecule has 0 unspecified atom stereocenters. The van der Waals surface area contributed by atoms with E-state index in [1.807, 2.05) is 57.3 Å². The van der Waals surface area contributed by atoms with Crippen LogP contribution >= 0.6 is 0 Å². The van der Waals surface area contributed by atoms with Gasteiger partial charge >= 0.3 is 0 Å². The summed E-state index contributed by atoms with van der Waals surface area (Å²) in [4.78, 5) is 8.94. The number of aryl methyl sites for hydroxylation is 3. The van der Waals surface area contributed by atoms with Crippen molar-refractivity contribution in [2.45, 2.75) is 27.4 Å². The maximum Gasteiger partial charge on any atom is 0.221 e. The number of carbonyl (C=O) groups is 1. The molecule has 0 fully saturated rings. The number of amides is 1. The molecule has 8 heteroatoms. The molecule has 158 valence electrons. The molecule has 8 nitrogen and oxygen atoms in total. The Morgan fingerprint density at radius 2 is 1.80 bits per heavy atom. The molecule has 30 heavy (non-hydrogen) atoms. The third-order valence-electron chi connectivity index (χ3n) is 4.47. The molecule has 0 atom stereocenters. The van der Waals surface area contributed by atoms with E-state index in [0.717, 1.165) is 45.1 Å². The monoisotopic (exact) mass is 408 g/mol. The Bertz CT molecular complexity index is 974. The van der Waals surface area contributed by atoms with E-state index in [2.05, 4.69) is 35.1 Å². The van der Waals surface area contributed by atoms with Gasteiger partial charge in [-0.25, -0.2) is 11.7 Å². The van der Waals surface area contributed by atoms with Gasteiger partial charge in [-0.15, -0.1) is 0 Å². The Labute approximate surface area is 176 Å². The second kappa shape index (κ2) is 10.9. The molecule has 5 N–H and O–H groups in total. The highest BCUT2D eigenvalue weighted by atomic mass is 16.5. The lowest BCUT2D eigenvalue weighted by Gasteiger charge is -2.19. The highest BCUT2D eigenvalue weighted by Gasteiger charge is 2.10. The van der Waals surface area contributed by atoms with Gasteiger partial charge < -0.3 is 9.75 Å². The van der Waals surface area contributed by atoms with Crippen LogP contribution in [-0.4, -0.2) is 23.7 Å². The largest absolute Gasteiger partial charge is 0.489 e. The zero-order valence-corrected chi connectivity index (χ0v) is 17.7. The summed E-state index contributed by atoms with van der Waals surface area (Å²) >= 11 is 0. The first-order valence-corrected chi connectivity index (χ1v) is 9.38. The van der Waals surface area contributed by atoms with Crippen LogP contribution < -0.4 is 26.9 Å². The number of nitrogens with two attached hydrogens (primary N) is 2. The van der Waals surface area contributed by atoms with Crippen molar-refractivity contribution in [1.29, 1.82) is 0 Å². The molecule has 0 saturated heterocycles. The van der Waals surface area contributed by atoms with Crippen LogP contribution in [0.15, 0.2) is 48.5 Å². The van der Waals surface area contributed by atoms with Gasteiger partial charge in [0.2, 0.25) is 6.41 Å². The van der Waals surface area contributed by atoms with Gasteiger partial charge in [-0.1, -0.05) is 12.1 Å². The van der Waals surface area contributed by atoms with E-state index in [9.17, 15) is 0 Å².